The fraction of sp³-hybridized carbons (Fsp3) is 0.300. The van der Waals surface area contributed by atoms with Gasteiger partial charge in [0, 0.05) is 11.6 Å². The highest BCUT2D eigenvalue weighted by molar-refractivity contribution is 5.74. The second-order valence-corrected chi connectivity index (χ2v) is 6.64. The molecular formula is C20H22O8. The number of aromatic hydroxyl groups is 3. The summed E-state index contributed by atoms with van der Waals surface area (Å²) in [5.41, 5.74) is 1.11. The number of rotatable bonds is 4. The largest absolute Gasteiger partial charge is 0.508 e. The van der Waals surface area contributed by atoms with Crippen LogP contribution < -0.4 is 0 Å². The van der Waals surface area contributed by atoms with Gasteiger partial charge in [-0.1, -0.05) is 24.3 Å². The van der Waals surface area contributed by atoms with E-state index in [1.165, 1.54) is 18.2 Å². The molecule has 1 unspecified atom stereocenters. The Kier molecular flexibility index (Phi) is 5.87. The molecule has 1 heterocycles. The van der Waals surface area contributed by atoms with E-state index < -0.39 is 37.1 Å². The van der Waals surface area contributed by atoms with Gasteiger partial charge in [-0.05, 0) is 29.3 Å². The van der Waals surface area contributed by atoms with Crippen molar-refractivity contribution in [3.63, 3.8) is 0 Å². The first-order valence-electron chi connectivity index (χ1n) is 8.65. The molecular weight excluding hydrogens is 368 g/mol. The van der Waals surface area contributed by atoms with Crippen molar-refractivity contribution in [3.8, 4) is 17.2 Å². The van der Waals surface area contributed by atoms with E-state index in [9.17, 15) is 35.7 Å². The van der Waals surface area contributed by atoms with Gasteiger partial charge in [0.15, 0.2) is 0 Å². The van der Waals surface area contributed by atoms with E-state index in [1.54, 1.807) is 24.3 Å². The average Bonchev–Trinajstić information content (AvgIpc) is 2.66. The quantitative estimate of drug-likeness (QED) is 0.373. The Morgan fingerprint density at radius 1 is 0.821 bits per heavy atom. The average molecular weight is 390 g/mol. The number of hydrogen-bond donors (Lipinski definition) is 7. The lowest BCUT2D eigenvalue weighted by molar-refractivity contribution is -0.232. The summed E-state index contributed by atoms with van der Waals surface area (Å²) in [6.07, 6.45) is -3.87. The fourth-order valence-electron chi connectivity index (χ4n) is 3.20. The van der Waals surface area contributed by atoms with Gasteiger partial charge in [-0.2, -0.15) is 0 Å². The Morgan fingerprint density at radius 3 is 2.14 bits per heavy atom. The molecule has 0 bridgehead atoms. The summed E-state index contributed by atoms with van der Waals surface area (Å²) in [5.74, 6) is -0.500. The molecule has 28 heavy (non-hydrogen) atoms. The van der Waals surface area contributed by atoms with Crippen LogP contribution in [-0.4, -0.2) is 66.8 Å². The minimum Gasteiger partial charge on any atom is -0.508 e. The molecule has 1 saturated heterocycles. The molecule has 0 spiro atoms. The number of ether oxygens (including phenoxy) is 1. The zero-order valence-electron chi connectivity index (χ0n) is 14.8. The van der Waals surface area contributed by atoms with Crippen molar-refractivity contribution in [3.05, 3.63) is 53.1 Å². The summed E-state index contributed by atoms with van der Waals surface area (Å²) in [4.78, 5) is 0. The van der Waals surface area contributed by atoms with Gasteiger partial charge in [-0.25, -0.2) is 0 Å². The predicted octanol–water partition coefficient (Wildman–Crippen LogP) is 0.489. The third kappa shape index (κ3) is 3.96. The Balaban J connectivity index is 2.01. The standard InChI is InChI=1S/C20H22O8/c21-9-15-17(25)18(26)19(27)20(28-15)16-11(7-13(23)8-14(16)24)4-1-10-2-5-12(22)6-3-10/h1-8,15,17-27H,9H2/t15-,17-,18+,19-,20?/m1/s1. The summed E-state index contributed by atoms with van der Waals surface area (Å²) < 4.78 is 5.53. The van der Waals surface area contributed by atoms with Gasteiger partial charge in [0.05, 0.1) is 6.61 Å². The number of phenols is 3. The molecule has 2 aromatic rings. The lowest BCUT2D eigenvalue weighted by atomic mass is 9.88. The molecule has 2 aromatic carbocycles. The van der Waals surface area contributed by atoms with Crippen LogP contribution in [-0.2, 0) is 4.74 Å². The third-order valence-electron chi connectivity index (χ3n) is 4.70. The number of benzene rings is 2. The zero-order valence-corrected chi connectivity index (χ0v) is 14.8. The Morgan fingerprint density at radius 2 is 1.50 bits per heavy atom. The van der Waals surface area contributed by atoms with Gasteiger partial charge in [0.2, 0.25) is 0 Å². The lowest BCUT2D eigenvalue weighted by Crippen LogP contribution is -2.55. The van der Waals surface area contributed by atoms with Crippen molar-refractivity contribution in [1.82, 2.24) is 0 Å². The summed E-state index contributed by atoms with van der Waals surface area (Å²) in [6.45, 7) is -0.598. The molecule has 1 fully saturated rings. The van der Waals surface area contributed by atoms with Crippen molar-refractivity contribution in [2.24, 2.45) is 0 Å². The zero-order chi connectivity index (χ0) is 20.4. The normalized spacial score (nSPS) is 27.9. The SMILES string of the molecule is OC[C@H]1OC(c2c(O)cc(O)cc2C=Cc2ccc(O)cc2)[C@H](O)[C@@H](O)[C@@H]1O. The minimum absolute atomic E-state index is 0.0877. The van der Waals surface area contributed by atoms with Crippen LogP contribution in [0.5, 0.6) is 17.2 Å². The molecule has 150 valence electrons. The second kappa shape index (κ2) is 8.17. The molecule has 0 aliphatic carbocycles. The minimum atomic E-state index is -1.60. The highest BCUT2D eigenvalue weighted by Gasteiger charge is 2.45. The van der Waals surface area contributed by atoms with E-state index in [4.69, 9.17) is 4.74 Å². The molecule has 0 amide bonds. The Labute approximate surface area is 160 Å². The van der Waals surface area contributed by atoms with Crippen LogP contribution in [0.4, 0.5) is 0 Å². The number of aliphatic hydroxyl groups is 4. The van der Waals surface area contributed by atoms with Crippen molar-refractivity contribution in [2.45, 2.75) is 30.5 Å². The van der Waals surface area contributed by atoms with Gasteiger partial charge < -0.3 is 40.5 Å². The second-order valence-electron chi connectivity index (χ2n) is 6.64. The maximum atomic E-state index is 10.4. The molecule has 8 heteroatoms. The van der Waals surface area contributed by atoms with Gasteiger partial charge in [0.1, 0.15) is 47.8 Å². The molecule has 1 aliphatic rings. The van der Waals surface area contributed by atoms with E-state index in [0.29, 0.717) is 5.56 Å². The lowest BCUT2D eigenvalue weighted by Gasteiger charge is -2.40. The van der Waals surface area contributed by atoms with Gasteiger partial charge in [-0.3, -0.25) is 0 Å². The monoisotopic (exact) mass is 390 g/mol. The summed E-state index contributed by atoms with van der Waals surface area (Å²) in [7, 11) is 0. The van der Waals surface area contributed by atoms with Crippen LogP contribution >= 0.6 is 0 Å². The number of aliphatic hydroxyl groups excluding tert-OH is 4. The van der Waals surface area contributed by atoms with E-state index in [1.807, 2.05) is 0 Å². The van der Waals surface area contributed by atoms with Gasteiger partial charge >= 0.3 is 0 Å². The highest BCUT2D eigenvalue weighted by atomic mass is 16.5. The predicted molar refractivity (Wildman–Crippen MR) is 99.5 cm³/mol. The number of phenolic OH excluding ortho intramolecular Hbond substituents is 3. The maximum absolute atomic E-state index is 10.4. The smallest absolute Gasteiger partial charge is 0.125 e. The molecule has 8 nitrogen and oxygen atoms in total. The van der Waals surface area contributed by atoms with Crippen molar-refractivity contribution in [2.75, 3.05) is 6.61 Å². The van der Waals surface area contributed by atoms with Crippen LogP contribution in [0, 0.1) is 0 Å². The van der Waals surface area contributed by atoms with Gasteiger partial charge in [0.25, 0.3) is 0 Å². The van der Waals surface area contributed by atoms with E-state index >= 15 is 0 Å². The number of hydrogen-bond acceptors (Lipinski definition) is 8. The summed E-state index contributed by atoms with van der Waals surface area (Å²) in [5, 5.41) is 69.3. The first-order valence-corrected chi connectivity index (χ1v) is 8.65. The van der Waals surface area contributed by atoms with Crippen LogP contribution in [0.3, 0.4) is 0 Å². The molecule has 0 aromatic heterocycles. The van der Waals surface area contributed by atoms with E-state index in [2.05, 4.69) is 0 Å². The maximum Gasteiger partial charge on any atom is 0.125 e. The van der Waals surface area contributed by atoms with Crippen LogP contribution in [0.25, 0.3) is 12.2 Å². The molecule has 0 radical (unpaired) electrons. The third-order valence-corrected chi connectivity index (χ3v) is 4.70. The Hall–Kier alpha value is -2.62. The molecule has 1 aliphatic heterocycles. The van der Waals surface area contributed by atoms with E-state index in [0.717, 1.165) is 11.6 Å². The van der Waals surface area contributed by atoms with Crippen molar-refractivity contribution >= 4 is 12.2 Å². The Bertz CT molecular complexity index is 846. The van der Waals surface area contributed by atoms with Crippen LogP contribution in [0.2, 0.25) is 0 Å². The van der Waals surface area contributed by atoms with Crippen molar-refractivity contribution < 1.29 is 40.5 Å². The molecule has 3 rings (SSSR count). The van der Waals surface area contributed by atoms with Crippen LogP contribution in [0.15, 0.2) is 36.4 Å². The molecule has 5 atom stereocenters. The summed E-state index contributed by atoms with van der Waals surface area (Å²) >= 11 is 0. The molecule has 0 saturated carbocycles. The van der Waals surface area contributed by atoms with Gasteiger partial charge in [-0.15, -0.1) is 0 Å². The van der Waals surface area contributed by atoms with Crippen molar-refractivity contribution in [1.29, 1.82) is 0 Å². The van der Waals surface area contributed by atoms with Crippen LogP contribution in [0.1, 0.15) is 22.8 Å². The van der Waals surface area contributed by atoms with E-state index in [-0.39, 0.29) is 22.8 Å². The fourth-order valence-corrected chi connectivity index (χ4v) is 3.20. The molecule has 7 N–H and O–H groups in total. The first-order chi connectivity index (χ1) is 13.3. The first kappa shape index (κ1) is 20.1. The topological polar surface area (TPSA) is 151 Å². The summed E-state index contributed by atoms with van der Waals surface area (Å²) in [6, 6.07) is 8.71. The highest BCUT2D eigenvalue weighted by Crippen LogP contribution is 2.41.